The molecular formula is C23H17BrN4O2. The first kappa shape index (κ1) is 18.6. The van der Waals surface area contributed by atoms with Crippen molar-refractivity contribution in [2.45, 2.75) is 6.42 Å². The molecule has 0 bridgehead atoms. The van der Waals surface area contributed by atoms with Gasteiger partial charge in [0, 0.05) is 34.3 Å². The first-order valence-corrected chi connectivity index (χ1v) is 10.3. The zero-order valence-electron chi connectivity index (χ0n) is 15.9. The van der Waals surface area contributed by atoms with Crippen molar-refractivity contribution in [3.05, 3.63) is 92.9 Å². The third-order valence-corrected chi connectivity index (χ3v) is 5.69. The Hall–Kier alpha value is -3.45. The van der Waals surface area contributed by atoms with Gasteiger partial charge < -0.3 is 10.3 Å². The highest BCUT2D eigenvalue weighted by molar-refractivity contribution is 9.10. The molecule has 0 saturated heterocycles. The smallest absolute Gasteiger partial charge is 0.265 e. The van der Waals surface area contributed by atoms with Gasteiger partial charge in [0.1, 0.15) is 0 Å². The summed E-state index contributed by atoms with van der Waals surface area (Å²) in [5.74, 6) is -0.253. The fourth-order valence-corrected chi connectivity index (χ4v) is 4.08. The largest absolute Gasteiger partial charge is 0.361 e. The summed E-state index contributed by atoms with van der Waals surface area (Å²) < 4.78 is 2.23. The molecule has 0 atom stereocenters. The van der Waals surface area contributed by atoms with Crippen LogP contribution in [0.1, 0.15) is 15.9 Å². The van der Waals surface area contributed by atoms with Crippen LogP contribution in [0.15, 0.2) is 76.3 Å². The molecule has 3 aromatic heterocycles. The molecule has 2 N–H and O–H groups in total. The van der Waals surface area contributed by atoms with E-state index in [0.717, 1.165) is 20.9 Å². The molecule has 0 saturated carbocycles. The van der Waals surface area contributed by atoms with E-state index in [1.54, 1.807) is 30.5 Å². The number of rotatable bonds is 4. The zero-order valence-corrected chi connectivity index (χ0v) is 17.4. The highest BCUT2D eigenvalue weighted by Crippen LogP contribution is 2.19. The van der Waals surface area contributed by atoms with Gasteiger partial charge >= 0.3 is 0 Å². The number of carbonyl (C=O) groups is 1. The Morgan fingerprint density at radius 1 is 1.10 bits per heavy atom. The number of halogens is 1. The summed E-state index contributed by atoms with van der Waals surface area (Å²) >= 11 is 3.39. The summed E-state index contributed by atoms with van der Waals surface area (Å²) in [5.41, 5.74) is 3.30. The van der Waals surface area contributed by atoms with Crippen LogP contribution in [0.2, 0.25) is 0 Å². The van der Waals surface area contributed by atoms with Crippen molar-refractivity contribution in [1.29, 1.82) is 0 Å². The number of nitrogens with zero attached hydrogens (tertiary/aromatic N) is 2. The molecule has 0 aliphatic carbocycles. The van der Waals surface area contributed by atoms with Gasteiger partial charge in [0.25, 0.3) is 11.5 Å². The topological polar surface area (TPSA) is 79.3 Å². The molecule has 5 rings (SSSR count). The third-order valence-electron chi connectivity index (χ3n) is 5.20. The molecule has 0 spiro atoms. The number of nitrogens with one attached hydrogen (secondary N) is 2. The van der Waals surface area contributed by atoms with Gasteiger partial charge in [-0.15, -0.1) is 0 Å². The van der Waals surface area contributed by atoms with Crippen molar-refractivity contribution in [3.8, 4) is 0 Å². The van der Waals surface area contributed by atoms with Crippen LogP contribution in [-0.4, -0.2) is 26.8 Å². The number of fused-ring (bicyclic) bond motifs is 3. The normalized spacial score (nSPS) is 11.4. The molecule has 2 aromatic carbocycles. The van der Waals surface area contributed by atoms with Crippen LogP contribution in [0.25, 0.3) is 27.5 Å². The Morgan fingerprint density at radius 3 is 2.87 bits per heavy atom. The quantitative estimate of drug-likeness (QED) is 0.396. The molecule has 1 amide bonds. The van der Waals surface area contributed by atoms with Crippen LogP contribution in [0.3, 0.4) is 0 Å². The van der Waals surface area contributed by atoms with Crippen molar-refractivity contribution < 1.29 is 4.79 Å². The van der Waals surface area contributed by atoms with E-state index in [-0.39, 0.29) is 11.5 Å². The monoisotopic (exact) mass is 460 g/mol. The molecule has 0 fully saturated rings. The predicted molar refractivity (Wildman–Crippen MR) is 121 cm³/mol. The van der Waals surface area contributed by atoms with Crippen LogP contribution < -0.4 is 10.9 Å². The molecule has 30 heavy (non-hydrogen) atoms. The van der Waals surface area contributed by atoms with Crippen LogP contribution in [-0.2, 0) is 6.42 Å². The van der Waals surface area contributed by atoms with E-state index in [9.17, 15) is 9.59 Å². The van der Waals surface area contributed by atoms with E-state index in [1.165, 1.54) is 4.40 Å². The summed E-state index contributed by atoms with van der Waals surface area (Å²) in [6, 6.07) is 16.8. The van der Waals surface area contributed by atoms with Gasteiger partial charge in [-0.1, -0.05) is 34.1 Å². The number of benzene rings is 2. The Labute approximate surface area is 179 Å². The molecule has 7 heteroatoms. The molecule has 0 radical (unpaired) electrons. The molecule has 0 aliphatic heterocycles. The number of para-hydroxylation sites is 1. The van der Waals surface area contributed by atoms with E-state index < -0.39 is 0 Å². The maximum atomic E-state index is 12.9. The predicted octanol–water partition coefficient (Wildman–Crippen LogP) is 4.06. The van der Waals surface area contributed by atoms with E-state index >= 15 is 0 Å². The van der Waals surface area contributed by atoms with Crippen LogP contribution in [0.5, 0.6) is 0 Å². The fraction of sp³-hybridized carbons (Fsp3) is 0.0870. The standard InChI is InChI=1S/C23H17BrN4O2/c24-15-7-8-20-18(12-15)23(30)28-11-3-5-17(21(28)27-20)22(29)25-10-9-14-13-26-19-6-2-1-4-16(14)19/h1-8,11-13,26H,9-10H2,(H,25,29). The molecule has 0 unspecified atom stereocenters. The lowest BCUT2D eigenvalue weighted by molar-refractivity contribution is 0.0955. The maximum absolute atomic E-state index is 12.9. The molecule has 6 nitrogen and oxygen atoms in total. The summed E-state index contributed by atoms with van der Waals surface area (Å²) in [5, 5.41) is 4.61. The van der Waals surface area contributed by atoms with Crippen molar-refractivity contribution >= 4 is 49.3 Å². The van der Waals surface area contributed by atoms with Gasteiger partial charge in [0.05, 0.1) is 16.5 Å². The second-order valence-electron chi connectivity index (χ2n) is 7.06. The summed E-state index contributed by atoms with van der Waals surface area (Å²) in [7, 11) is 0. The number of carbonyl (C=O) groups excluding carboxylic acids is 1. The molecular weight excluding hydrogens is 444 g/mol. The van der Waals surface area contributed by atoms with E-state index in [0.29, 0.717) is 35.1 Å². The molecule has 5 aromatic rings. The number of amides is 1. The third kappa shape index (κ3) is 3.17. The minimum absolute atomic E-state index is 0.204. The minimum atomic E-state index is -0.253. The van der Waals surface area contributed by atoms with Crippen molar-refractivity contribution in [3.63, 3.8) is 0 Å². The van der Waals surface area contributed by atoms with E-state index in [2.05, 4.69) is 37.3 Å². The molecule has 3 heterocycles. The van der Waals surface area contributed by atoms with Crippen molar-refractivity contribution in [1.82, 2.24) is 19.7 Å². The van der Waals surface area contributed by atoms with E-state index in [1.807, 2.05) is 30.5 Å². The van der Waals surface area contributed by atoms with Crippen LogP contribution in [0.4, 0.5) is 0 Å². The highest BCUT2D eigenvalue weighted by atomic mass is 79.9. The minimum Gasteiger partial charge on any atom is -0.361 e. The lowest BCUT2D eigenvalue weighted by Gasteiger charge is -2.09. The Bertz CT molecular complexity index is 1490. The van der Waals surface area contributed by atoms with E-state index in [4.69, 9.17) is 0 Å². The van der Waals surface area contributed by atoms with Crippen molar-refractivity contribution in [2.75, 3.05) is 6.54 Å². The maximum Gasteiger partial charge on any atom is 0.265 e. The Morgan fingerprint density at radius 2 is 1.97 bits per heavy atom. The summed E-state index contributed by atoms with van der Waals surface area (Å²) in [4.78, 5) is 33.6. The first-order chi connectivity index (χ1) is 14.6. The molecule has 148 valence electrons. The first-order valence-electron chi connectivity index (χ1n) is 9.56. The average Bonchev–Trinajstić information content (AvgIpc) is 3.17. The second kappa shape index (κ2) is 7.42. The lowest BCUT2D eigenvalue weighted by atomic mass is 10.1. The van der Waals surface area contributed by atoms with Gasteiger partial charge in [0.2, 0.25) is 0 Å². The number of pyridine rings is 1. The van der Waals surface area contributed by atoms with Gasteiger partial charge in [-0.25, -0.2) is 4.98 Å². The van der Waals surface area contributed by atoms with Gasteiger partial charge in [-0.2, -0.15) is 0 Å². The number of aromatic amines is 1. The summed E-state index contributed by atoms with van der Waals surface area (Å²) in [6.45, 7) is 0.479. The van der Waals surface area contributed by atoms with Gasteiger partial charge in [-0.05, 0) is 48.4 Å². The highest BCUT2D eigenvalue weighted by Gasteiger charge is 2.14. The fourth-order valence-electron chi connectivity index (χ4n) is 3.72. The van der Waals surface area contributed by atoms with Crippen LogP contribution >= 0.6 is 15.9 Å². The number of hydrogen-bond acceptors (Lipinski definition) is 3. The number of hydrogen-bond donors (Lipinski definition) is 2. The van der Waals surface area contributed by atoms with Gasteiger partial charge in [-0.3, -0.25) is 14.0 Å². The van der Waals surface area contributed by atoms with Gasteiger partial charge in [0.15, 0.2) is 5.65 Å². The molecule has 0 aliphatic rings. The number of H-pyrrole nitrogens is 1. The average molecular weight is 461 g/mol. The lowest BCUT2D eigenvalue weighted by Crippen LogP contribution is -2.27. The van der Waals surface area contributed by atoms with Crippen LogP contribution in [0, 0.1) is 0 Å². The van der Waals surface area contributed by atoms with Crippen molar-refractivity contribution in [2.24, 2.45) is 0 Å². The SMILES string of the molecule is O=C(NCCc1c[nH]c2ccccc12)c1cccn2c(=O)c3cc(Br)ccc3nc12. The zero-order chi connectivity index (χ0) is 20.7. The Kier molecular flexibility index (Phi) is 4.59. The Balaban J connectivity index is 1.44. The summed E-state index contributed by atoms with van der Waals surface area (Å²) in [6.07, 6.45) is 4.30. The second-order valence-corrected chi connectivity index (χ2v) is 7.97. The number of aromatic nitrogens is 3.